The fourth-order valence-electron chi connectivity index (χ4n) is 4.83. The Morgan fingerprint density at radius 3 is 2.31 bits per heavy atom. The molecule has 0 atom stereocenters. The highest BCUT2D eigenvalue weighted by molar-refractivity contribution is 8.04. The number of fused-ring (bicyclic) bond motifs is 1. The third kappa shape index (κ3) is 5.83. The van der Waals surface area contributed by atoms with Crippen molar-refractivity contribution in [2.45, 2.75) is 24.9 Å². The van der Waals surface area contributed by atoms with Crippen molar-refractivity contribution in [3.63, 3.8) is 0 Å². The quantitative estimate of drug-likeness (QED) is 0.365. The minimum atomic E-state index is -4.43. The molecule has 2 aliphatic heterocycles. The molecule has 0 bridgehead atoms. The zero-order valence-corrected chi connectivity index (χ0v) is 22.5. The highest BCUT2D eigenvalue weighted by atomic mass is 32.2. The van der Waals surface area contributed by atoms with Gasteiger partial charge in [0.1, 0.15) is 6.54 Å². The Kier molecular flexibility index (Phi) is 7.44. The van der Waals surface area contributed by atoms with Crippen LogP contribution in [0.1, 0.15) is 22.3 Å². The van der Waals surface area contributed by atoms with Crippen molar-refractivity contribution in [1.29, 1.82) is 0 Å². The van der Waals surface area contributed by atoms with E-state index in [4.69, 9.17) is 0 Å². The van der Waals surface area contributed by atoms with Crippen molar-refractivity contribution < 1.29 is 22.8 Å². The first kappa shape index (κ1) is 26.9. The Bertz CT molecular complexity index is 1430. The summed E-state index contributed by atoms with van der Waals surface area (Å²) >= 11 is 1.25. The number of aryl methyl sites for hydroxylation is 2. The lowest BCUT2D eigenvalue weighted by molar-refractivity contribution is -0.137. The molecule has 2 heterocycles. The van der Waals surface area contributed by atoms with Gasteiger partial charge in [0, 0.05) is 36.8 Å². The Morgan fingerprint density at radius 1 is 0.923 bits per heavy atom. The van der Waals surface area contributed by atoms with E-state index in [0.717, 1.165) is 17.0 Å². The predicted octanol–water partition coefficient (Wildman–Crippen LogP) is 6.15. The summed E-state index contributed by atoms with van der Waals surface area (Å²) < 4.78 is 38.9. The Morgan fingerprint density at radius 2 is 1.62 bits per heavy atom. The second-order valence-corrected chi connectivity index (χ2v) is 10.8. The molecule has 3 aromatic rings. The van der Waals surface area contributed by atoms with Crippen molar-refractivity contribution in [1.82, 2.24) is 4.90 Å². The molecule has 0 N–H and O–H groups in total. The molecular formula is C30H28F3N3O2S. The number of anilines is 2. The summed E-state index contributed by atoms with van der Waals surface area (Å²) in [5, 5.41) is 0. The molecule has 0 unspecified atom stereocenters. The molecule has 0 radical (unpaired) electrons. The van der Waals surface area contributed by atoms with E-state index in [1.165, 1.54) is 45.6 Å². The standard InChI is InChI=1S/C30H28F3N3O2S/c1-20-7-8-21(2)25(17-20)34-13-15-35(16-14-34)28(37)19-36-24-5-3-4-6-26(24)39-27(29(36)38)18-22-9-11-23(12-10-22)30(31,32)33/h3-12,17-18H,13-16,19H2,1-2H3. The number of amides is 2. The van der Waals surface area contributed by atoms with Crippen LogP contribution in [-0.4, -0.2) is 49.4 Å². The van der Waals surface area contributed by atoms with E-state index in [9.17, 15) is 22.8 Å². The number of rotatable bonds is 4. The molecule has 5 rings (SSSR count). The van der Waals surface area contributed by atoms with Gasteiger partial charge in [-0.25, -0.2) is 0 Å². The molecular weight excluding hydrogens is 523 g/mol. The van der Waals surface area contributed by atoms with Gasteiger partial charge in [0.2, 0.25) is 5.91 Å². The van der Waals surface area contributed by atoms with E-state index >= 15 is 0 Å². The first-order valence-electron chi connectivity index (χ1n) is 12.7. The average Bonchev–Trinajstić information content (AvgIpc) is 2.92. The molecule has 5 nitrogen and oxygen atoms in total. The van der Waals surface area contributed by atoms with Crippen LogP contribution in [0.2, 0.25) is 0 Å². The lowest BCUT2D eigenvalue weighted by Crippen LogP contribution is -2.52. The summed E-state index contributed by atoms with van der Waals surface area (Å²) in [6.07, 6.45) is -2.86. The molecule has 39 heavy (non-hydrogen) atoms. The first-order valence-corrected chi connectivity index (χ1v) is 13.5. The molecule has 2 aliphatic rings. The Labute approximate surface area is 229 Å². The van der Waals surface area contributed by atoms with Crippen LogP contribution in [0.15, 0.2) is 76.5 Å². The zero-order valence-electron chi connectivity index (χ0n) is 21.7. The van der Waals surface area contributed by atoms with Crippen LogP contribution in [0.5, 0.6) is 0 Å². The number of nitrogens with zero attached hydrogens (tertiary/aromatic N) is 3. The van der Waals surface area contributed by atoms with Crippen LogP contribution in [0.3, 0.4) is 0 Å². The van der Waals surface area contributed by atoms with Gasteiger partial charge in [-0.05, 0) is 66.9 Å². The number of hydrogen-bond acceptors (Lipinski definition) is 4. The maximum atomic E-state index is 13.5. The number of alkyl halides is 3. The van der Waals surface area contributed by atoms with Crippen LogP contribution in [-0.2, 0) is 15.8 Å². The van der Waals surface area contributed by atoms with Gasteiger partial charge in [-0.3, -0.25) is 14.5 Å². The minimum absolute atomic E-state index is 0.107. The third-order valence-corrected chi connectivity index (χ3v) is 8.08. The Balaban J connectivity index is 1.32. The lowest BCUT2D eigenvalue weighted by Gasteiger charge is -2.38. The summed E-state index contributed by atoms with van der Waals surface area (Å²) in [7, 11) is 0. The molecule has 1 fully saturated rings. The van der Waals surface area contributed by atoms with Crippen LogP contribution < -0.4 is 9.80 Å². The van der Waals surface area contributed by atoms with E-state index in [1.807, 2.05) is 18.2 Å². The van der Waals surface area contributed by atoms with E-state index in [2.05, 4.69) is 36.9 Å². The fraction of sp³-hybridized carbons (Fsp3) is 0.267. The topological polar surface area (TPSA) is 43.9 Å². The van der Waals surface area contributed by atoms with Crippen molar-refractivity contribution >= 4 is 41.0 Å². The predicted molar refractivity (Wildman–Crippen MR) is 149 cm³/mol. The smallest absolute Gasteiger partial charge is 0.368 e. The number of carbonyl (C=O) groups is 2. The first-order chi connectivity index (χ1) is 18.6. The summed E-state index contributed by atoms with van der Waals surface area (Å²) in [6, 6.07) is 18.4. The summed E-state index contributed by atoms with van der Waals surface area (Å²) in [6.45, 7) is 6.56. The minimum Gasteiger partial charge on any atom is -0.368 e. The zero-order chi connectivity index (χ0) is 27.7. The largest absolute Gasteiger partial charge is 0.416 e. The van der Waals surface area contributed by atoms with Gasteiger partial charge in [0.15, 0.2) is 0 Å². The summed E-state index contributed by atoms with van der Waals surface area (Å²) in [5.74, 6) is -0.486. The van der Waals surface area contributed by atoms with Gasteiger partial charge in [-0.2, -0.15) is 13.2 Å². The third-order valence-electron chi connectivity index (χ3n) is 7.00. The second kappa shape index (κ2) is 10.8. The SMILES string of the molecule is Cc1ccc(C)c(N2CCN(C(=O)CN3C(=O)C(=Cc4ccc(C(F)(F)F)cc4)Sc4ccccc43)CC2)c1. The molecule has 0 aliphatic carbocycles. The number of piperazine rings is 1. The number of halogens is 3. The highest BCUT2D eigenvalue weighted by Gasteiger charge is 2.33. The molecule has 2 amide bonds. The average molecular weight is 552 g/mol. The normalized spacial score (nSPS) is 17.0. The molecule has 1 saturated heterocycles. The summed E-state index contributed by atoms with van der Waals surface area (Å²) in [5.41, 5.74) is 3.95. The van der Waals surface area contributed by atoms with Gasteiger partial charge >= 0.3 is 6.18 Å². The molecule has 0 aromatic heterocycles. The van der Waals surface area contributed by atoms with Crippen molar-refractivity contribution in [3.05, 3.63) is 93.9 Å². The van der Waals surface area contributed by atoms with Gasteiger partial charge in [0.25, 0.3) is 5.91 Å². The summed E-state index contributed by atoms with van der Waals surface area (Å²) in [4.78, 5) is 33.6. The van der Waals surface area contributed by atoms with Crippen molar-refractivity contribution in [2.75, 3.05) is 42.5 Å². The maximum absolute atomic E-state index is 13.5. The highest BCUT2D eigenvalue weighted by Crippen LogP contribution is 2.42. The van der Waals surface area contributed by atoms with Gasteiger partial charge < -0.3 is 9.80 Å². The number of para-hydroxylation sites is 1. The molecule has 3 aromatic carbocycles. The van der Waals surface area contributed by atoms with Gasteiger partial charge in [-0.15, -0.1) is 0 Å². The molecule has 0 spiro atoms. The van der Waals surface area contributed by atoms with E-state index in [0.29, 0.717) is 42.3 Å². The van der Waals surface area contributed by atoms with Crippen molar-refractivity contribution in [2.24, 2.45) is 0 Å². The van der Waals surface area contributed by atoms with E-state index in [-0.39, 0.29) is 18.4 Å². The number of carbonyl (C=O) groups excluding carboxylic acids is 2. The Hall–Kier alpha value is -3.72. The molecule has 9 heteroatoms. The van der Waals surface area contributed by atoms with Crippen LogP contribution in [0, 0.1) is 13.8 Å². The van der Waals surface area contributed by atoms with Crippen LogP contribution >= 0.6 is 11.8 Å². The number of thioether (sulfide) groups is 1. The van der Waals surface area contributed by atoms with E-state index < -0.39 is 11.7 Å². The lowest BCUT2D eigenvalue weighted by atomic mass is 10.1. The number of benzene rings is 3. The molecule has 202 valence electrons. The maximum Gasteiger partial charge on any atom is 0.416 e. The molecule has 0 saturated carbocycles. The van der Waals surface area contributed by atoms with Gasteiger partial charge in [0.05, 0.1) is 16.2 Å². The van der Waals surface area contributed by atoms with Gasteiger partial charge in [-0.1, -0.05) is 48.2 Å². The second-order valence-electron chi connectivity index (χ2n) is 9.75. The number of hydrogen-bond donors (Lipinski definition) is 0. The van der Waals surface area contributed by atoms with Crippen molar-refractivity contribution in [3.8, 4) is 0 Å². The monoisotopic (exact) mass is 551 g/mol. The van der Waals surface area contributed by atoms with E-state index in [1.54, 1.807) is 17.0 Å². The fourth-order valence-corrected chi connectivity index (χ4v) is 5.89. The van der Waals surface area contributed by atoms with Crippen LogP contribution in [0.25, 0.3) is 6.08 Å². The van der Waals surface area contributed by atoms with Crippen LogP contribution in [0.4, 0.5) is 24.5 Å².